The van der Waals surface area contributed by atoms with Crippen LogP contribution in [-0.2, 0) is 6.42 Å². The number of rotatable bonds is 12. The van der Waals surface area contributed by atoms with Gasteiger partial charge in [-0.3, -0.25) is 0 Å². The lowest BCUT2D eigenvalue weighted by Crippen LogP contribution is -2.38. The van der Waals surface area contributed by atoms with Gasteiger partial charge in [0.15, 0.2) is 0 Å². The Hall–Kier alpha value is -0.790. The molecule has 0 fully saturated rings. The third-order valence-corrected chi connectivity index (χ3v) is 4.30. The van der Waals surface area contributed by atoms with Gasteiger partial charge in [-0.15, -0.1) is 0 Å². The van der Waals surface area contributed by atoms with Crippen molar-refractivity contribution in [1.82, 2.24) is 4.98 Å². The molecule has 0 spiro atoms. The molecule has 0 bridgehead atoms. The molecule has 0 amide bonds. The van der Waals surface area contributed by atoms with E-state index in [0.29, 0.717) is 6.04 Å². The summed E-state index contributed by atoms with van der Waals surface area (Å²) in [5.74, 6) is 2.27. The second-order valence-corrected chi connectivity index (χ2v) is 7.17. The monoisotopic (exact) mass is 293 g/mol. The minimum absolute atomic E-state index is 0.567. The van der Waals surface area contributed by atoms with Crippen molar-refractivity contribution in [2.24, 2.45) is 5.92 Å². The summed E-state index contributed by atoms with van der Waals surface area (Å²) in [6, 6.07) is 0.567. The minimum atomic E-state index is 0.567. The van der Waals surface area contributed by atoms with E-state index in [0.717, 1.165) is 5.92 Å². The summed E-state index contributed by atoms with van der Waals surface area (Å²) in [7, 11) is 0. The molecule has 1 aromatic heterocycles. The standard InChI is InChI=1S/C19H36N2/c1-17(2)13-11-9-7-5-6-8-10-12-14-19-20-15-16-21(19)18(3)4/h15-18H,5-14H2,1-4H3/p+1. The van der Waals surface area contributed by atoms with Crippen LogP contribution in [0.5, 0.6) is 0 Å². The van der Waals surface area contributed by atoms with Crippen LogP contribution in [0.15, 0.2) is 12.4 Å². The van der Waals surface area contributed by atoms with Gasteiger partial charge in [0.2, 0.25) is 0 Å². The summed E-state index contributed by atoms with van der Waals surface area (Å²) in [5.41, 5.74) is 0. The molecule has 122 valence electrons. The maximum absolute atomic E-state index is 3.38. The van der Waals surface area contributed by atoms with E-state index >= 15 is 0 Å². The molecule has 21 heavy (non-hydrogen) atoms. The normalized spacial score (nSPS) is 11.7. The Morgan fingerprint density at radius 1 is 0.857 bits per heavy atom. The number of nitrogens with one attached hydrogen (secondary N) is 1. The van der Waals surface area contributed by atoms with Crippen molar-refractivity contribution in [3.05, 3.63) is 18.2 Å². The first kappa shape index (κ1) is 18.3. The van der Waals surface area contributed by atoms with Gasteiger partial charge in [-0.2, -0.15) is 0 Å². The van der Waals surface area contributed by atoms with E-state index in [-0.39, 0.29) is 0 Å². The second-order valence-electron chi connectivity index (χ2n) is 7.17. The first-order valence-corrected chi connectivity index (χ1v) is 9.18. The molecule has 0 atom stereocenters. The van der Waals surface area contributed by atoms with Crippen molar-refractivity contribution in [2.45, 2.75) is 97.9 Å². The molecule has 1 heterocycles. The average Bonchev–Trinajstić information content (AvgIpc) is 2.89. The Bertz CT molecular complexity index is 352. The second kappa shape index (κ2) is 10.9. The number of aromatic amines is 1. The number of aryl methyl sites for hydroxylation is 1. The molecule has 1 N–H and O–H groups in total. The molecule has 0 aliphatic rings. The van der Waals surface area contributed by atoms with Crippen LogP contribution in [0.2, 0.25) is 0 Å². The van der Waals surface area contributed by atoms with E-state index in [4.69, 9.17) is 0 Å². The van der Waals surface area contributed by atoms with E-state index in [1.807, 2.05) is 0 Å². The summed E-state index contributed by atoms with van der Waals surface area (Å²) in [4.78, 5) is 3.38. The molecule has 0 saturated heterocycles. The lowest BCUT2D eigenvalue weighted by atomic mass is 10.0. The van der Waals surface area contributed by atoms with Crippen molar-refractivity contribution >= 4 is 0 Å². The van der Waals surface area contributed by atoms with Crippen molar-refractivity contribution < 1.29 is 4.57 Å². The third kappa shape index (κ3) is 8.28. The molecule has 0 saturated carbocycles. The number of H-pyrrole nitrogens is 1. The number of hydrogen-bond donors (Lipinski definition) is 1. The largest absolute Gasteiger partial charge is 0.254 e. The Labute approximate surface area is 132 Å². The summed E-state index contributed by atoms with van der Waals surface area (Å²) in [6.45, 7) is 9.15. The number of unbranched alkanes of at least 4 members (excludes halogenated alkanes) is 7. The van der Waals surface area contributed by atoms with Crippen LogP contribution in [-0.4, -0.2) is 4.98 Å². The molecule has 0 aromatic carbocycles. The predicted octanol–water partition coefficient (Wildman–Crippen LogP) is 5.59. The highest BCUT2D eigenvalue weighted by atomic mass is 15.1. The van der Waals surface area contributed by atoms with Crippen molar-refractivity contribution in [1.29, 1.82) is 0 Å². The number of hydrogen-bond acceptors (Lipinski definition) is 0. The molecule has 2 heteroatoms. The molecule has 0 aliphatic heterocycles. The van der Waals surface area contributed by atoms with E-state index in [1.54, 1.807) is 0 Å². The lowest BCUT2D eigenvalue weighted by Gasteiger charge is -2.05. The molecule has 0 radical (unpaired) electrons. The van der Waals surface area contributed by atoms with Gasteiger partial charge < -0.3 is 0 Å². The number of nitrogens with zero attached hydrogens (tertiary/aromatic N) is 1. The van der Waals surface area contributed by atoms with E-state index < -0.39 is 0 Å². The molecular weight excluding hydrogens is 256 g/mol. The fourth-order valence-electron chi connectivity index (χ4n) is 2.97. The molecule has 0 unspecified atom stereocenters. The van der Waals surface area contributed by atoms with Crippen LogP contribution < -0.4 is 4.57 Å². The highest BCUT2D eigenvalue weighted by Crippen LogP contribution is 2.13. The Morgan fingerprint density at radius 3 is 2.00 bits per heavy atom. The van der Waals surface area contributed by atoms with Crippen molar-refractivity contribution in [3.8, 4) is 0 Å². The first-order valence-electron chi connectivity index (χ1n) is 9.18. The van der Waals surface area contributed by atoms with Crippen molar-refractivity contribution in [2.75, 3.05) is 0 Å². The quantitative estimate of drug-likeness (QED) is 0.383. The number of imidazole rings is 1. The van der Waals surface area contributed by atoms with E-state index in [2.05, 4.69) is 49.6 Å². The average molecular weight is 294 g/mol. The maximum Gasteiger partial charge on any atom is 0.254 e. The van der Waals surface area contributed by atoms with Gasteiger partial charge in [-0.25, -0.2) is 9.55 Å². The maximum atomic E-state index is 3.38. The van der Waals surface area contributed by atoms with Gasteiger partial charge in [0.25, 0.3) is 5.82 Å². The minimum Gasteiger partial charge on any atom is -0.248 e. The SMILES string of the molecule is CC(C)CCCCCCCCCCc1[nH]cc[n+]1C(C)C. The predicted molar refractivity (Wildman–Crippen MR) is 91.5 cm³/mol. The van der Waals surface area contributed by atoms with Crippen molar-refractivity contribution in [3.63, 3.8) is 0 Å². The van der Waals surface area contributed by atoms with Gasteiger partial charge in [0, 0.05) is 6.42 Å². The lowest BCUT2D eigenvalue weighted by molar-refractivity contribution is -0.721. The first-order chi connectivity index (χ1) is 10.1. The van der Waals surface area contributed by atoms with Crippen LogP contribution >= 0.6 is 0 Å². The molecule has 2 nitrogen and oxygen atoms in total. The van der Waals surface area contributed by atoms with Crippen LogP contribution in [0.1, 0.15) is 97.3 Å². The highest BCUT2D eigenvalue weighted by molar-refractivity contribution is 4.78. The Balaban J connectivity index is 1.94. The van der Waals surface area contributed by atoms with Crippen LogP contribution in [0.3, 0.4) is 0 Å². The highest BCUT2D eigenvalue weighted by Gasteiger charge is 2.12. The van der Waals surface area contributed by atoms with Gasteiger partial charge >= 0.3 is 0 Å². The molecule has 1 aromatic rings. The Morgan fingerprint density at radius 2 is 1.43 bits per heavy atom. The summed E-state index contributed by atoms with van der Waals surface area (Å²) in [5, 5.41) is 0. The van der Waals surface area contributed by atoms with Crippen LogP contribution in [0.4, 0.5) is 0 Å². The molecular formula is C19H37N2+. The molecule has 0 aliphatic carbocycles. The molecule has 1 rings (SSSR count). The topological polar surface area (TPSA) is 19.7 Å². The zero-order valence-corrected chi connectivity index (χ0v) is 14.8. The van der Waals surface area contributed by atoms with Gasteiger partial charge in [0.05, 0.1) is 6.04 Å². The summed E-state index contributed by atoms with van der Waals surface area (Å²) in [6.07, 6.45) is 18.1. The van der Waals surface area contributed by atoms with Gasteiger partial charge in [0.1, 0.15) is 12.4 Å². The fourth-order valence-corrected chi connectivity index (χ4v) is 2.97. The zero-order valence-electron chi connectivity index (χ0n) is 14.8. The summed E-state index contributed by atoms with van der Waals surface area (Å²) >= 11 is 0. The van der Waals surface area contributed by atoms with Gasteiger partial charge in [-0.1, -0.05) is 65.2 Å². The zero-order chi connectivity index (χ0) is 15.5. The number of aromatic nitrogens is 2. The van der Waals surface area contributed by atoms with E-state index in [9.17, 15) is 0 Å². The third-order valence-electron chi connectivity index (χ3n) is 4.30. The Kier molecular flexibility index (Phi) is 9.45. The smallest absolute Gasteiger partial charge is 0.248 e. The fraction of sp³-hybridized carbons (Fsp3) is 0.842. The summed E-state index contributed by atoms with van der Waals surface area (Å²) < 4.78 is 2.36. The van der Waals surface area contributed by atoms with Crippen LogP contribution in [0, 0.1) is 5.92 Å². The van der Waals surface area contributed by atoms with Gasteiger partial charge in [-0.05, 0) is 26.2 Å². The van der Waals surface area contributed by atoms with Crippen LogP contribution in [0.25, 0.3) is 0 Å². The van der Waals surface area contributed by atoms with E-state index in [1.165, 1.54) is 70.0 Å².